The van der Waals surface area contributed by atoms with E-state index in [4.69, 9.17) is 0 Å². The van der Waals surface area contributed by atoms with Crippen molar-refractivity contribution >= 4 is 16.8 Å². The van der Waals surface area contributed by atoms with Gasteiger partial charge in [-0.25, -0.2) is 0 Å². The molecule has 1 saturated heterocycles. The van der Waals surface area contributed by atoms with E-state index in [1.165, 1.54) is 12.8 Å². The molecule has 0 spiro atoms. The average Bonchev–Trinajstić information content (AvgIpc) is 2.94. The maximum absolute atomic E-state index is 12.5. The van der Waals surface area contributed by atoms with Crippen molar-refractivity contribution in [1.29, 1.82) is 0 Å². The van der Waals surface area contributed by atoms with Crippen LogP contribution in [0.15, 0.2) is 30.5 Å². The summed E-state index contributed by atoms with van der Waals surface area (Å²) in [6.45, 7) is 2.96. The number of amides is 1. The third kappa shape index (κ3) is 2.70. The monoisotopic (exact) mass is 271 g/mol. The van der Waals surface area contributed by atoms with Crippen molar-refractivity contribution in [2.24, 2.45) is 5.92 Å². The van der Waals surface area contributed by atoms with Gasteiger partial charge in [-0.3, -0.25) is 4.79 Å². The Morgan fingerprint density at radius 2 is 2.30 bits per heavy atom. The summed E-state index contributed by atoms with van der Waals surface area (Å²) >= 11 is 0. The Morgan fingerprint density at radius 1 is 1.40 bits per heavy atom. The zero-order chi connectivity index (χ0) is 13.9. The number of hydrogen-bond acceptors (Lipinski definition) is 2. The molecule has 0 bridgehead atoms. The smallest absolute Gasteiger partial charge is 0.253 e. The van der Waals surface area contributed by atoms with Crippen LogP contribution in [0.5, 0.6) is 0 Å². The minimum absolute atomic E-state index is 0.110. The van der Waals surface area contributed by atoms with E-state index in [9.17, 15) is 4.79 Å². The zero-order valence-electron chi connectivity index (χ0n) is 11.9. The second-order valence-corrected chi connectivity index (χ2v) is 5.68. The SMILES string of the molecule is CN(CC1CCCNC1)C(=O)c1ccc2[nH]ccc2c1. The Kier molecular flexibility index (Phi) is 3.74. The number of aromatic nitrogens is 1. The molecule has 1 aliphatic rings. The van der Waals surface area contributed by atoms with Gasteiger partial charge in [-0.1, -0.05) is 0 Å². The van der Waals surface area contributed by atoms with Gasteiger partial charge in [-0.05, 0) is 56.1 Å². The highest BCUT2D eigenvalue weighted by atomic mass is 16.2. The van der Waals surface area contributed by atoms with Crippen molar-refractivity contribution in [3.05, 3.63) is 36.0 Å². The van der Waals surface area contributed by atoms with E-state index in [1.807, 2.05) is 42.4 Å². The van der Waals surface area contributed by atoms with E-state index >= 15 is 0 Å². The molecule has 106 valence electrons. The summed E-state index contributed by atoms with van der Waals surface area (Å²) in [7, 11) is 1.90. The first-order valence-corrected chi connectivity index (χ1v) is 7.27. The van der Waals surface area contributed by atoms with Crippen molar-refractivity contribution < 1.29 is 4.79 Å². The molecule has 1 amide bonds. The van der Waals surface area contributed by atoms with Gasteiger partial charge in [0, 0.05) is 36.3 Å². The quantitative estimate of drug-likeness (QED) is 0.899. The van der Waals surface area contributed by atoms with Gasteiger partial charge < -0.3 is 15.2 Å². The number of H-pyrrole nitrogens is 1. The molecule has 1 aliphatic heterocycles. The van der Waals surface area contributed by atoms with Gasteiger partial charge in [0.15, 0.2) is 0 Å². The molecule has 1 aromatic carbocycles. The van der Waals surface area contributed by atoms with E-state index < -0.39 is 0 Å². The number of nitrogens with zero attached hydrogens (tertiary/aromatic N) is 1. The molecule has 0 aliphatic carbocycles. The Bertz CT molecular complexity index is 599. The summed E-state index contributed by atoms with van der Waals surface area (Å²) < 4.78 is 0. The number of carbonyl (C=O) groups is 1. The van der Waals surface area contributed by atoms with Crippen LogP contribution < -0.4 is 5.32 Å². The first-order valence-electron chi connectivity index (χ1n) is 7.27. The van der Waals surface area contributed by atoms with Crippen molar-refractivity contribution in [2.75, 3.05) is 26.7 Å². The number of hydrogen-bond donors (Lipinski definition) is 2. The lowest BCUT2D eigenvalue weighted by Gasteiger charge is -2.27. The van der Waals surface area contributed by atoms with Gasteiger partial charge in [0.05, 0.1) is 0 Å². The lowest BCUT2D eigenvalue weighted by molar-refractivity contribution is 0.0765. The molecule has 2 N–H and O–H groups in total. The van der Waals surface area contributed by atoms with Gasteiger partial charge in [0.25, 0.3) is 5.91 Å². The van der Waals surface area contributed by atoms with E-state index in [0.29, 0.717) is 5.92 Å². The maximum Gasteiger partial charge on any atom is 0.253 e. The van der Waals surface area contributed by atoms with Crippen LogP contribution in [-0.2, 0) is 0 Å². The van der Waals surface area contributed by atoms with E-state index in [1.54, 1.807) is 0 Å². The van der Waals surface area contributed by atoms with Gasteiger partial charge in [0.2, 0.25) is 0 Å². The van der Waals surface area contributed by atoms with Crippen LogP contribution in [0.4, 0.5) is 0 Å². The van der Waals surface area contributed by atoms with Crippen molar-refractivity contribution in [1.82, 2.24) is 15.2 Å². The van der Waals surface area contributed by atoms with Gasteiger partial charge >= 0.3 is 0 Å². The zero-order valence-corrected chi connectivity index (χ0v) is 11.9. The normalized spacial score (nSPS) is 19.1. The van der Waals surface area contributed by atoms with E-state index in [0.717, 1.165) is 36.1 Å². The molecule has 1 atom stereocenters. The van der Waals surface area contributed by atoms with Crippen molar-refractivity contribution in [3.63, 3.8) is 0 Å². The van der Waals surface area contributed by atoms with Crippen LogP contribution in [0.2, 0.25) is 0 Å². The highest BCUT2D eigenvalue weighted by Gasteiger charge is 2.19. The summed E-state index contributed by atoms with van der Waals surface area (Å²) in [5.41, 5.74) is 1.84. The lowest BCUT2D eigenvalue weighted by Crippen LogP contribution is -2.39. The van der Waals surface area contributed by atoms with E-state index in [-0.39, 0.29) is 5.91 Å². The molecule has 2 aromatic rings. The molecular weight excluding hydrogens is 250 g/mol. The third-order valence-corrected chi connectivity index (χ3v) is 4.08. The number of nitrogens with one attached hydrogen (secondary N) is 2. The molecule has 1 aromatic heterocycles. The Hall–Kier alpha value is -1.81. The van der Waals surface area contributed by atoms with Gasteiger partial charge in [0.1, 0.15) is 0 Å². The van der Waals surface area contributed by atoms with Crippen LogP contribution >= 0.6 is 0 Å². The summed E-state index contributed by atoms with van der Waals surface area (Å²) in [6.07, 6.45) is 4.32. The predicted molar refractivity (Wildman–Crippen MR) is 80.9 cm³/mol. The minimum atomic E-state index is 0.110. The molecule has 2 heterocycles. The van der Waals surface area contributed by atoms with E-state index in [2.05, 4.69) is 10.3 Å². The number of carbonyl (C=O) groups excluding carboxylic acids is 1. The summed E-state index contributed by atoms with van der Waals surface area (Å²) in [6, 6.07) is 7.83. The Labute approximate surface area is 119 Å². The van der Waals surface area contributed by atoms with Crippen LogP contribution in [0.3, 0.4) is 0 Å². The van der Waals surface area contributed by atoms with Gasteiger partial charge in [-0.2, -0.15) is 0 Å². The predicted octanol–water partition coefficient (Wildman–Crippen LogP) is 2.24. The largest absolute Gasteiger partial charge is 0.361 e. The number of rotatable bonds is 3. The van der Waals surface area contributed by atoms with Gasteiger partial charge in [-0.15, -0.1) is 0 Å². The third-order valence-electron chi connectivity index (χ3n) is 4.08. The highest BCUT2D eigenvalue weighted by molar-refractivity contribution is 5.97. The summed E-state index contributed by atoms with van der Waals surface area (Å²) in [4.78, 5) is 17.5. The van der Waals surface area contributed by atoms with Crippen LogP contribution in [0.1, 0.15) is 23.2 Å². The molecule has 4 nitrogen and oxygen atoms in total. The van der Waals surface area contributed by atoms with Crippen molar-refractivity contribution in [3.8, 4) is 0 Å². The molecule has 4 heteroatoms. The fourth-order valence-corrected chi connectivity index (χ4v) is 2.96. The number of fused-ring (bicyclic) bond motifs is 1. The minimum Gasteiger partial charge on any atom is -0.361 e. The molecule has 0 saturated carbocycles. The Balaban J connectivity index is 1.70. The molecule has 20 heavy (non-hydrogen) atoms. The summed E-state index contributed by atoms with van der Waals surface area (Å²) in [5, 5.41) is 4.48. The standard InChI is InChI=1S/C16H21N3O/c1-19(11-12-3-2-7-17-10-12)16(20)14-4-5-15-13(9-14)6-8-18-15/h4-6,8-9,12,17-18H,2-3,7,10-11H2,1H3. The first kappa shape index (κ1) is 13.2. The second-order valence-electron chi connectivity index (χ2n) is 5.68. The van der Waals surface area contributed by atoms with Crippen LogP contribution in [0.25, 0.3) is 10.9 Å². The molecule has 1 unspecified atom stereocenters. The fraction of sp³-hybridized carbons (Fsp3) is 0.438. The Morgan fingerprint density at radius 3 is 3.10 bits per heavy atom. The molecule has 3 rings (SSSR count). The number of aromatic amines is 1. The molecule has 1 fully saturated rings. The highest BCUT2D eigenvalue weighted by Crippen LogP contribution is 2.17. The maximum atomic E-state index is 12.5. The summed E-state index contributed by atoms with van der Waals surface area (Å²) in [5.74, 6) is 0.687. The van der Waals surface area contributed by atoms with Crippen LogP contribution in [-0.4, -0.2) is 42.5 Å². The number of benzene rings is 1. The topological polar surface area (TPSA) is 48.1 Å². The molecule has 0 radical (unpaired) electrons. The second kappa shape index (κ2) is 5.67. The lowest BCUT2D eigenvalue weighted by atomic mass is 9.99. The molecular formula is C16H21N3O. The van der Waals surface area contributed by atoms with Crippen LogP contribution in [0, 0.1) is 5.92 Å². The first-order chi connectivity index (χ1) is 9.74. The van der Waals surface area contributed by atoms with Crippen molar-refractivity contribution in [2.45, 2.75) is 12.8 Å². The average molecular weight is 271 g/mol. The number of piperidine rings is 1. The fourth-order valence-electron chi connectivity index (χ4n) is 2.96.